The molecule has 1 aliphatic rings. The van der Waals surface area contributed by atoms with Crippen LogP contribution in [0.3, 0.4) is 0 Å². The molecule has 0 spiro atoms. The Hall–Kier alpha value is -0.870. The molecule has 0 aliphatic heterocycles. The highest BCUT2D eigenvalue weighted by Crippen LogP contribution is 2.41. The summed E-state index contributed by atoms with van der Waals surface area (Å²) in [6.07, 6.45) is 3.17. The first-order valence-electron chi connectivity index (χ1n) is 7.21. The Morgan fingerprint density at radius 3 is 2.60 bits per heavy atom. The minimum atomic E-state index is -0.212. The maximum atomic E-state index is 6.80. The fourth-order valence-electron chi connectivity index (χ4n) is 3.29. The van der Waals surface area contributed by atoms with Crippen molar-refractivity contribution in [3.63, 3.8) is 0 Å². The average molecular weight is 377 g/mol. The van der Waals surface area contributed by atoms with E-state index in [2.05, 4.69) is 78.0 Å². The third-order valence-electron chi connectivity index (χ3n) is 4.48. The molecule has 20 heavy (non-hydrogen) atoms. The van der Waals surface area contributed by atoms with Crippen LogP contribution in [0, 0.1) is 3.57 Å². The fourth-order valence-corrected chi connectivity index (χ4v) is 3.65. The molecule has 0 fully saturated rings. The summed E-state index contributed by atoms with van der Waals surface area (Å²) in [6, 6.07) is 17.5. The normalized spacial score (nSPS) is 25.2. The minimum absolute atomic E-state index is 0.212. The number of halogens is 1. The molecule has 2 aromatic rings. The number of hydrogen-bond donors (Lipinski definition) is 1. The van der Waals surface area contributed by atoms with Gasteiger partial charge in [0, 0.05) is 9.11 Å². The van der Waals surface area contributed by atoms with Crippen LogP contribution in [0.25, 0.3) is 0 Å². The van der Waals surface area contributed by atoms with E-state index >= 15 is 0 Å². The summed E-state index contributed by atoms with van der Waals surface area (Å²) < 4.78 is 1.27. The third-order valence-corrected chi connectivity index (χ3v) is 5.20. The predicted molar refractivity (Wildman–Crippen MR) is 92.8 cm³/mol. The first-order chi connectivity index (χ1) is 9.58. The molecule has 2 heteroatoms. The van der Waals surface area contributed by atoms with Gasteiger partial charge in [-0.3, -0.25) is 0 Å². The van der Waals surface area contributed by atoms with Gasteiger partial charge < -0.3 is 5.73 Å². The van der Waals surface area contributed by atoms with Crippen molar-refractivity contribution in [2.45, 2.75) is 37.6 Å². The zero-order valence-corrected chi connectivity index (χ0v) is 13.9. The van der Waals surface area contributed by atoms with Crippen LogP contribution < -0.4 is 5.73 Å². The number of fused-ring (bicyclic) bond motifs is 1. The summed E-state index contributed by atoms with van der Waals surface area (Å²) >= 11 is 2.34. The molecule has 2 aromatic carbocycles. The summed E-state index contributed by atoms with van der Waals surface area (Å²) in [4.78, 5) is 0. The van der Waals surface area contributed by atoms with Gasteiger partial charge in [-0.1, -0.05) is 43.3 Å². The second-order valence-corrected chi connectivity index (χ2v) is 7.23. The van der Waals surface area contributed by atoms with E-state index in [1.807, 2.05) is 0 Å². The molecule has 1 aliphatic carbocycles. The molecule has 104 valence electrons. The van der Waals surface area contributed by atoms with Crippen molar-refractivity contribution in [1.82, 2.24) is 0 Å². The van der Waals surface area contributed by atoms with Gasteiger partial charge in [-0.25, -0.2) is 0 Å². The maximum Gasteiger partial charge on any atom is 0.0453 e. The molecule has 0 radical (unpaired) electrons. The van der Waals surface area contributed by atoms with Crippen LogP contribution in [0.5, 0.6) is 0 Å². The van der Waals surface area contributed by atoms with E-state index in [1.165, 1.54) is 26.7 Å². The van der Waals surface area contributed by atoms with Crippen molar-refractivity contribution in [3.05, 3.63) is 68.8 Å². The molecule has 2 atom stereocenters. The Labute approximate surface area is 134 Å². The van der Waals surface area contributed by atoms with Gasteiger partial charge in [0.05, 0.1) is 0 Å². The highest BCUT2D eigenvalue weighted by Gasteiger charge is 2.35. The van der Waals surface area contributed by atoms with Gasteiger partial charge in [0.2, 0.25) is 0 Å². The zero-order chi connectivity index (χ0) is 14.2. The van der Waals surface area contributed by atoms with Crippen LogP contribution in [0.2, 0.25) is 0 Å². The summed E-state index contributed by atoms with van der Waals surface area (Å²) in [5, 5.41) is 0. The molecule has 0 saturated carbocycles. The van der Waals surface area contributed by atoms with Gasteiger partial charge in [0.25, 0.3) is 0 Å². The van der Waals surface area contributed by atoms with Crippen molar-refractivity contribution >= 4 is 22.6 Å². The Kier molecular flexibility index (Phi) is 3.87. The molecule has 0 amide bonds. The van der Waals surface area contributed by atoms with E-state index in [1.54, 1.807) is 0 Å². The number of hydrogen-bond acceptors (Lipinski definition) is 1. The summed E-state index contributed by atoms with van der Waals surface area (Å²) in [7, 11) is 0. The molecular formula is C18H20IN. The van der Waals surface area contributed by atoms with Gasteiger partial charge in [0.15, 0.2) is 0 Å². The molecule has 1 nitrogen and oxygen atoms in total. The third kappa shape index (κ3) is 2.63. The second-order valence-electron chi connectivity index (χ2n) is 5.99. The average Bonchev–Trinajstić information content (AvgIpc) is 2.46. The van der Waals surface area contributed by atoms with Crippen molar-refractivity contribution in [2.24, 2.45) is 5.73 Å². The molecule has 0 heterocycles. The Balaban J connectivity index is 1.96. The van der Waals surface area contributed by atoms with Gasteiger partial charge in [-0.2, -0.15) is 0 Å². The monoisotopic (exact) mass is 377 g/mol. The quantitative estimate of drug-likeness (QED) is 0.762. The van der Waals surface area contributed by atoms with Crippen LogP contribution in [-0.2, 0) is 12.0 Å². The SMILES string of the molecule is CC1CCC(N)(Cc2ccc(I)cc2)c2ccccc21. The number of nitrogens with two attached hydrogens (primary N) is 1. The summed E-state index contributed by atoms with van der Waals surface area (Å²) in [6.45, 7) is 2.31. The van der Waals surface area contributed by atoms with E-state index in [0.717, 1.165) is 12.8 Å². The lowest BCUT2D eigenvalue weighted by atomic mass is 9.70. The van der Waals surface area contributed by atoms with Crippen LogP contribution in [0.4, 0.5) is 0 Å². The maximum absolute atomic E-state index is 6.80. The van der Waals surface area contributed by atoms with Crippen LogP contribution in [0.1, 0.15) is 42.4 Å². The topological polar surface area (TPSA) is 26.0 Å². The molecule has 0 saturated heterocycles. The van der Waals surface area contributed by atoms with Crippen LogP contribution in [-0.4, -0.2) is 0 Å². The molecule has 2 unspecified atom stereocenters. The zero-order valence-electron chi connectivity index (χ0n) is 11.8. The van der Waals surface area contributed by atoms with Crippen LogP contribution in [0.15, 0.2) is 48.5 Å². The molecule has 0 aromatic heterocycles. The van der Waals surface area contributed by atoms with Gasteiger partial charge in [-0.05, 0) is 76.6 Å². The molecule has 3 rings (SSSR count). The smallest absolute Gasteiger partial charge is 0.0453 e. The lowest BCUT2D eigenvalue weighted by Gasteiger charge is -2.38. The fraction of sp³-hybridized carbons (Fsp3) is 0.333. The largest absolute Gasteiger partial charge is 0.321 e. The van der Waals surface area contributed by atoms with E-state index in [0.29, 0.717) is 5.92 Å². The Bertz CT molecular complexity index is 605. The number of rotatable bonds is 2. The minimum Gasteiger partial charge on any atom is -0.321 e. The lowest BCUT2D eigenvalue weighted by molar-refractivity contribution is 0.349. The highest BCUT2D eigenvalue weighted by atomic mass is 127. The van der Waals surface area contributed by atoms with E-state index in [9.17, 15) is 0 Å². The van der Waals surface area contributed by atoms with Crippen LogP contribution >= 0.6 is 22.6 Å². The Morgan fingerprint density at radius 2 is 1.85 bits per heavy atom. The van der Waals surface area contributed by atoms with E-state index in [4.69, 9.17) is 5.73 Å². The number of benzene rings is 2. The van der Waals surface area contributed by atoms with Crippen molar-refractivity contribution in [2.75, 3.05) is 0 Å². The van der Waals surface area contributed by atoms with Gasteiger partial charge in [0.1, 0.15) is 0 Å². The standard InChI is InChI=1S/C18H20IN/c1-13-10-11-18(20,17-5-3-2-4-16(13)17)12-14-6-8-15(19)9-7-14/h2-9,13H,10-12,20H2,1H3. The molecular weight excluding hydrogens is 357 g/mol. The van der Waals surface area contributed by atoms with Gasteiger partial charge in [-0.15, -0.1) is 0 Å². The second kappa shape index (κ2) is 5.49. The molecule has 2 N–H and O–H groups in total. The van der Waals surface area contributed by atoms with Crippen molar-refractivity contribution < 1.29 is 0 Å². The first-order valence-corrected chi connectivity index (χ1v) is 8.29. The highest BCUT2D eigenvalue weighted by molar-refractivity contribution is 14.1. The van der Waals surface area contributed by atoms with Crippen molar-refractivity contribution in [3.8, 4) is 0 Å². The van der Waals surface area contributed by atoms with E-state index < -0.39 is 0 Å². The van der Waals surface area contributed by atoms with Crippen molar-refractivity contribution in [1.29, 1.82) is 0 Å². The molecule has 0 bridgehead atoms. The first kappa shape index (κ1) is 14.1. The summed E-state index contributed by atoms with van der Waals surface area (Å²) in [5.41, 5.74) is 10.7. The van der Waals surface area contributed by atoms with E-state index in [-0.39, 0.29) is 5.54 Å². The lowest BCUT2D eigenvalue weighted by Crippen LogP contribution is -2.42. The summed E-state index contributed by atoms with van der Waals surface area (Å²) in [5.74, 6) is 0.625. The predicted octanol–water partition coefficient (Wildman–Crippen LogP) is 4.59. The Morgan fingerprint density at radius 1 is 1.15 bits per heavy atom. The van der Waals surface area contributed by atoms with Gasteiger partial charge >= 0.3 is 0 Å².